The van der Waals surface area contributed by atoms with E-state index >= 15 is 0 Å². The van der Waals surface area contributed by atoms with Crippen molar-refractivity contribution in [2.75, 3.05) is 6.61 Å². The Balaban J connectivity index is 3.83. The molecule has 0 saturated heterocycles. The van der Waals surface area contributed by atoms with Crippen molar-refractivity contribution in [3.8, 4) is 0 Å². The molecule has 0 bridgehead atoms. The van der Waals surface area contributed by atoms with E-state index in [-0.39, 0.29) is 18.5 Å². The van der Waals surface area contributed by atoms with Crippen LogP contribution in [0.5, 0.6) is 0 Å². The molecular formula is C9H18O4. The van der Waals surface area contributed by atoms with E-state index < -0.39 is 5.60 Å². The lowest BCUT2D eigenvalue weighted by Gasteiger charge is -2.21. The van der Waals surface area contributed by atoms with E-state index in [4.69, 9.17) is 9.99 Å². The Morgan fingerprint density at radius 3 is 2.38 bits per heavy atom. The summed E-state index contributed by atoms with van der Waals surface area (Å²) >= 11 is 0. The smallest absolute Gasteiger partial charge is 0.309 e. The standard InChI is InChI=1S/C9H18O4/c1-7(5-6-12-11)8(10)13-9(2,3)4/h7,11H,5-6H2,1-4H3. The molecule has 0 aliphatic rings. The Kier molecular flexibility index (Phi) is 4.95. The highest BCUT2D eigenvalue weighted by atomic mass is 17.1. The predicted octanol–water partition coefficient (Wildman–Crippen LogP) is 1.84. The maximum Gasteiger partial charge on any atom is 0.309 e. The molecule has 0 radical (unpaired) electrons. The molecule has 0 spiro atoms. The molecule has 78 valence electrons. The fourth-order valence-corrected chi connectivity index (χ4v) is 0.750. The number of ether oxygens (including phenoxy) is 1. The molecule has 0 aromatic rings. The molecule has 0 amide bonds. The maximum absolute atomic E-state index is 11.3. The predicted molar refractivity (Wildman–Crippen MR) is 48.2 cm³/mol. The quantitative estimate of drug-likeness (QED) is 0.417. The van der Waals surface area contributed by atoms with Gasteiger partial charge in [-0.05, 0) is 27.2 Å². The van der Waals surface area contributed by atoms with Gasteiger partial charge in [0.25, 0.3) is 0 Å². The largest absolute Gasteiger partial charge is 0.460 e. The van der Waals surface area contributed by atoms with Gasteiger partial charge in [0.05, 0.1) is 12.5 Å². The summed E-state index contributed by atoms with van der Waals surface area (Å²) in [5.41, 5.74) is -0.453. The maximum atomic E-state index is 11.3. The van der Waals surface area contributed by atoms with Crippen molar-refractivity contribution in [1.82, 2.24) is 0 Å². The number of hydrogen-bond acceptors (Lipinski definition) is 4. The third-order valence-electron chi connectivity index (χ3n) is 1.45. The van der Waals surface area contributed by atoms with Crippen LogP contribution in [-0.4, -0.2) is 23.4 Å². The molecule has 4 heteroatoms. The molecule has 0 aliphatic heterocycles. The van der Waals surface area contributed by atoms with Gasteiger partial charge in [-0.25, -0.2) is 4.89 Å². The van der Waals surface area contributed by atoms with Crippen molar-refractivity contribution in [3.63, 3.8) is 0 Å². The monoisotopic (exact) mass is 190 g/mol. The summed E-state index contributed by atoms with van der Waals surface area (Å²) in [6.45, 7) is 7.36. The summed E-state index contributed by atoms with van der Waals surface area (Å²) in [6, 6.07) is 0. The Morgan fingerprint density at radius 2 is 2.00 bits per heavy atom. The van der Waals surface area contributed by atoms with Gasteiger partial charge in [0.15, 0.2) is 0 Å². The zero-order chi connectivity index (χ0) is 10.5. The van der Waals surface area contributed by atoms with E-state index in [9.17, 15) is 4.79 Å². The highest BCUT2D eigenvalue weighted by Gasteiger charge is 2.21. The number of esters is 1. The van der Waals surface area contributed by atoms with Crippen molar-refractivity contribution >= 4 is 5.97 Å². The molecule has 0 aromatic heterocycles. The highest BCUT2D eigenvalue weighted by Crippen LogP contribution is 2.12. The van der Waals surface area contributed by atoms with Crippen LogP contribution in [0.15, 0.2) is 0 Å². The van der Waals surface area contributed by atoms with Crippen LogP contribution < -0.4 is 0 Å². The summed E-state index contributed by atoms with van der Waals surface area (Å²) in [5.74, 6) is -0.504. The van der Waals surface area contributed by atoms with Gasteiger partial charge in [-0.15, -0.1) is 0 Å². The van der Waals surface area contributed by atoms with Crippen molar-refractivity contribution in [1.29, 1.82) is 0 Å². The van der Waals surface area contributed by atoms with Gasteiger partial charge in [0, 0.05) is 0 Å². The Bertz CT molecular complexity index is 159. The van der Waals surface area contributed by atoms with Crippen molar-refractivity contribution < 1.29 is 19.7 Å². The van der Waals surface area contributed by atoms with Crippen LogP contribution in [0.25, 0.3) is 0 Å². The van der Waals surface area contributed by atoms with Gasteiger partial charge < -0.3 is 4.74 Å². The molecule has 0 aliphatic carbocycles. The number of hydrogen-bond donors (Lipinski definition) is 1. The van der Waals surface area contributed by atoms with Crippen LogP contribution in [0, 0.1) is 5.92 Å². The van der Waals surface area contributed by atoms with Crippen LogP contribution in [0.2, 0.25) is 0 Å². The van der Waals surface area contributed by atoms with Crippen LogP contribution in [-0.2, 0) is 14.4 Å². The minimum atomic E-state index is -0.453. The van der Waals surface area contributed by atoms with Gasteiger partial charge >= 0.3 is 5.97 Å². The van der Waals surface area contributed by atoms with Crippen LogP contribution in [0.3, 0.4) is 0 Å². The van der Waals surface area contributed by atoms with Gasteiger partial charge in [0.2, 0.25) is 0 Å². The minimum Gasteiger partial charge on any atom is -0.460 e. The number of rotatable bonds is 4. The molecule has 0 fully saturated rings. The summed E-state index contributed by atoms with van der Waals surface area (Å²) in [5, 5.41) is 8.08. The minimum absolute atomic E-state index is 0.153. The van der Waals surface area contributed by atoms with E-state index in [1.165, 1.54) is 0 Å². The second-order valence-corrected chi connectivity index (χ2v) is 4.06. The molecule has 0 rings (SSSR count). The van der Waals surface area contributed by atoms with Crippen molar-refractivity contribution in [3.05, 3.63) is 0 Å². The Morgan fingerprint density at radius 1 is 1.46 bits per heavy atom. The molecule has 1 atom stereocenters. The number of carbonyl (C=O) groups is 1. The number of carbonyl (C=O) groups excluding carboxylic acids is 1. The van der Waals surface area contributed by atoms with E-state index in [0.29, 0.717) is 6.42 Å². The van der Waals surface area contributed by atoms with E-state index in [2.05, 4.69) is 4.89 Å². The fourth-order valence-electron chi connectivity index (χ4n) is 0.750. The van der Waals surface area contributed by atoms with Gasteiger partial charge in [-0.1, -0.05) is 6.92 Å². The Labute approximate surface area is 78.8 Å². The van der Waals surface area contributed by atoms with Crippen LogP contribution in [0.4, 0.5) is 0 Å². The second-order valence-electron chi connectivity index (χ2n) is 4.06. The molecule has 0 aromatic carbocycles. The van der Waals surface area contributed by atoms with E-state index in [1.807, 2.05) is 20.8 Å². The van der Waals surface area contributed by atoms with Crippen molar-refractivity contribution in [2.45, 2.75) is 39.7 Å². The molecule has 13 heavy (non-hydrogen) atoms. The lowest BCUT2D eigenvalue weighted by Crippen LogP contribution is -2.28. The molecule has 1 N–H and O–H groups in total. The normalized spacial score (nSPS) is 13.9. The first kappa shape index (κ1) is 12.4. The summed E-state index contributed by atoms with van der Waals surface area (Å²) in [6.07, 6.45) is 0.464. The fraction of sp³-hybridized carbons (Fsp3) is 0.889. The molecule has 0 saturated carbocycles. The first-order valence-corrected chi connectivity index (χ1v) is 4.36. The van der Waals surface area contributed by atoms with Gasteiger partial charge in [-0.3, -0.25) is 10.1 Å². The second kappa shape index (κ2) is 5.19. The zero-order valence-corrected chi connectivity index (χ0v) is 8.66. The lowest BCUT2D eigenvalue weighted by atomic mass is 10.1. The van der Waals surface area contributed by atoms with Gasteiger partial charge in [-0.2, -0.15) is 0 Å². The average molecular weight is 190 g/mol. The molecule has 4 nitrogen and oxygen atoms in total. The SMILES string of the molecule is CC(CCOO)C(=O)OC(C)(C)C. The highest BCUT2D eigenvalue weighted by molar-refractivity contribution is 5.72. The zero-order valence-electron chi connectivity index (χ0n) is 8.66. The first-order chi connectivity index (χ1) is 5.87. The lowest BCUT2D eigenvalue weighted by molar-refractivity contribution is -0.244. The summed E-state index contributed by atoms with van der Waals surface area (Å²) < 4.78 is 5.12. The third-order valence-corrected chi connectivity index (χ3v) is 1.45. The van der Waals surface area contributed by atoms with E-state index in [1.54, 1.807) is 6.92 Å². The summed E-state index contributed by atoms with van der Waals surface area (Å²) in [7, 11) is 0. The van der Waals surface area contributed by atoms with Crippen molar-refractivity contribution in [2.24, 2.45) is 5.92 Å². The summed E-state index contributed by atoms with van der Waals surface area (Å²) in [4.78, 5) is 15.2. The molecule has 0 heterocycles. The van der Waals surface area contributed by atoms with Gasteiger partial charge in [0.1, 0.15) is 5.60 Å². The first-order valence-electron chi connectivity index (χ1n) is 4.36. The molecular weight excluding hydrogens is 172 g/mol. The topological polar surface area (TPSA) is 55.8 Å². The molecule has 1 unspecified atom stereocenters. The van der Waals surface area contributed by atoms with Crippen LogP contribution in [0.1, 0.15) is 34.1 Å². The third kappa shape index (κ3) is 6.54. The van der Waals surface area contributed by atoms with E-state index in [0.717, 1.165) is 0 Å². The Hall–Kier alpha value is -0.610. The average Bonchev–Trinajstić information content (AvgIpc) is 1.96. The van der Waals surface area contributed by atoms with Crippen LogP contribution >= 0.6 is 0 Å².